The molecule has 0 bridgehead atoms. The lowest BCUT2D eigenvalue weighted by Crippen LogP contribution is -2.43. The smallest absolute Gasteiger partial charge is 0.340 e. The Labute approximate surface area is 136 Å². The van der Waals surface area contributed by atoms with Crippen molar-refractivity contribution in [1.29, 1.82) is 0 Å². The van der Waals surface area contributed by atoms with Crippen molar-refractivity contribution in [3.05, 3.63) is 29.6 Å². The first kappa shape index (κ1) is 17.4. The van der Waals surface area contributed by atoms with Crippen LogP contribution in [0.3, 0.4) is 0 Å². The second-order valence-corrected chi connectivity index (χ2v) is 5.43. The Morgan fingerprint density at radius 2 is 2.17 bits per heavy atom. The van der Waals surface area contributed by atoms with Gasteiger partial charge in [-0.2, -0.15) is 0 Å². The molecule has 1 amide bonds. The van der Waals surface area contributed by atoms with E-state index >= 15 is 0 Å². The molecule has 126 valence electrons. The van der Waals surface area contributed by atoms with Crippen LogP contribution in [-0.2, 0) is 14.3 Å². The zero-order chi connectivity index (χ0) is 16.7. The Bertz CT molecular complexity index is 544. The van der Waals surface area contributed by atoms with Crippen LogP contribution >= 0.6 is 0 Å². The van der Waals surface area contributed by atoms with Crippen LogP contribution in [0.4, 0.5) is 0 Å². The molecule has 7 heteroatoms. The third-order valence-corrected chi connectivity index (χ3v) is 3.71. The number of carbonyl (C=O) groups excluding carboxylic acids is 2. The maximum atomic E-state index is 12.0. The molecule has 0 radical (unpaired) electrons. The Balaban J connectivity index is 1.74. The van der Waals surface area contributed by atoms with Gasteiger partial charge < -0.3 is 14.8 Å². The number of amides is 1. The van der Waals surface area contributed by atoms with E-state index in [1.807, 2.05) is 0 Å². The topological polar surface area (TPSA) is 80.8 Å². The van der Waals surface area contributed by atoms with Crippen molar-refractivity contribution in [2.24, 2.45) is 0 Å². The van der Waals surface area contributed by atoms with Gasteiger partial charge in [-0.3, -0.25) is 14.7 Å². The van der Waals surface area contributed by atoms with Gasteiger partial charge in [0.1, 0.15) is 0 Å². The van der Waals surface area contributed by atoms with Crippen LogP contribution in [0.1, 0.15) is 23.0 Å². The molecule has 2 rings (SSSR count). The Morgan fingerprint density at radius 3 is 2.87 bits per heavy atom. The van der Waals surface area contributed by atoms with Gasteiger partial charge in [0.05, 0.1) is 24.5 Å². The number of aryl methyl sites for hydroxylation is 1. The van der Waals surface area contributed by atoms with Gasteiger partial charge in [-0.15, -0.1) is 0 Å². The van der Waals surface area contributed by atoms with Crippen molar-refractivity contribution in [2.45, 2.75) is 20.0 Å². The summed E-state index contributed by atoms with van der Waals surface area (Å²) in [6.07, 6.45) is 0.764. The van der Waals surface area contributed by atoms with Crippen molar-refractivity contribution in [3.8, 4) is 0 Å². The molecule has 0 aromatic carbocycles. The molecule has 7 nitrogen and oxygen atoms in total. The van der Waals surface area contributed by atoms with E-state index in [0.717, 1.165) is 32.8 Å². The van der Waals surface area contributed by atoms with Crippen LogP contribution in [0.5, 0.6) is 0 Å². The largest absolute Gasteiger partial charge is 0.449 e. The highest BCUT2D eigenvalue weighted by atomic mass is 16.5. The van der Waals surface area contributed by atoms with Gasteiger partial charge in [-0.1, -0.05) is 0 Å². The number of ether oxygens (including phenoxy) is 2. The molecule has 23 heavy (non-hydrogen) atoms. The number of hydrogen-bond donors (Lipinski definition) is 1. The fourth-order valence-corrected chi connectivity index (χ4v) is 2.28. The third-order valence-electron chi connectivity index (χ3n) is 3.71. The summed E-state index contributed by atoms with van der Waals surface area (Å²) >= 11 is 0. The maximum absolute atomic E-state index is 12.0. The first-order valence-corrected chi connectivity index (χ1v) is 7.78. The average molecular weight is 321 g/mol. The highest BCUT2D eigenvalue weighted by molar-refractivity contribution is 5.93. The molecule has 2 heterocycles. The number of nitrogens with one attached hydrogen (secondary N) is 1. The molecule has 1 unspecified atom stereocenters. The van der Waals surface area contributed by atoms with E-state index in [4.69, 9.17) is 9.47 Å². The number of rotatable bonds is 6. The molecule has 1 aliphatic rings. The highest BCUT2D eigenvalue weighted by Crippen LogP contribution is 2.07. The molecule has 1 aromatic rings. The van der Waals surface area contributed by atoms with Gasteiger partial charge in [-0.25, -0.2) is 4.79 Å². The maximum Gasteiger partial charge on any atom is 0.340 e. The Kier molecular flexibility index (Phi) is 6.49. The lowest BCUT2D eigenvalue weighted by atomic mass is 10.2. The fraction of sp³-hybridized carbons (Fsp3) is 0.562. The van der Waals surface area contributed by atoms with Crippen molar-refractivity contribution < 1.29 is 19.1 Å². The number of carbonyl (C=O) groups is 2. The number of morpholine rings is 1. The first-order chi connectivity index (χ1) is 11.1. The molecule has 0 saturated carbocycles. The van der Waals surface area contributed by atoms with Gasteiger partial charge in [0, 0.05) is 32.4 Å². The number of aromatic nitrogens is 1. The Morgan fingerprint density at radius 1 is 1.43 bits per heavy atom. The minimum atomic E-state index is -0.841. The second-order valence-electron chi connectivity index (χ2n) is 5.43. The summed E-state index contributed by atoms with van der Waals surface area (Å²) in [7, 11) is 0. The molecule has 1 fully saturated rings. The lowest BCUT2D eigenvalue weighted by molar-refractivity contribution is -0.129. The zero-order valence-electron chi connectivity index (χ0n) is 13.6. The molecule has 1 aromatic heterocycles. The van der Waals surface area contributed by atoms with E-state index < -0.39 is 12.1 Å². The fourth-order valence-electron chi connectivity index (χ4n) is 2.28. The molecular formula is C16H23N3O4. The summed E-state index contributed by atoms with van der Waals surface area (Å²) in [4.78, 5) is 30.3. The summed E-state index contributed by atoms with van der Waals surface area (Å²) in [5.41, 5.74) is 0.956. The van der Waals surface area contributed by atoms with Crippen molar-refractivity contribution >= 4 is 11.9 Å². The molecule has 0 spiro atoms. The van der Waals surface area contributed by atoms with Gasteiger partial charge >= 0.3 is 5.97 Å². The minimum Gasteiger partial charge on any atom is -0.449 e. The van der Waals surface area contributed by atoms with Gasteiger partial charge in [0.25, 0.3) is 5.91 Å². The van der Waals surface area contributed by atoms with E-state index in [9.17, 15) is 9.59 Å². The monoisotopic (exact) mass is 321 g/mol. The molecular weight excluding hydrogens is 298 g/mol. The summed E-state index contributed by atoms with van der Waals surface area (Å²) in [6.45, 7) is 7.78. The average Bonchev–Trinajstić information content (AvgIpc) is 2.56. The first-order valence-electron chi connectivity index (χ1n) is 7.78. The van der Waals surface area contributed by atoms with Gasteiger partial charge in [0.2, 0.25) is 0 Å². The summed E-state index contributed by atoms with van der Waals surface area (Å²) < 4.78 is 10.5. The zero-order valence-corrected chi connectivity index (χ0v) is 13.6. The number of esters is 1. The number of nitrogens with zero attached hydrogens (tertiary/aromatic N) is 2. The van der Waals surface area contributed by atoms with Crippen LogP contribution in [0.2, 0.25) is 0 Å². The summed E-state index contributed by atoms with van der Waals surface area (Å²) in [5, 5.41) is 2.79. The van der Waals surface area contributed by atoms with E-state index in [-0.39, 0.29) is 5.91 Å². The predicted molar refractivity (Wildman–Crippen MR) is 84.1 cm³/mol. The van der Waals surface area contributed by atoms with Gasteiger partial charge in [-0.05, 0) is 26.0 Å². The van der Waals surface area contributed by atoms with E-state index in [0.29, 0.717) is 17.8 Å². The van der Waals surface area contributed by atoms with Crippen LogP contribution < -0.4 is 5.32 Å². The van der Waals surface area contributed by atoms with E-state index in [2.05, 4.69) is 15.2 Å². The van der Waals surface area contributed by atoms with E-state index in [1.54, 1.807) is 32.2 Å². The Hall–Kier alpha value is -1.99. The summed E-state index contributed by atoms with van der Waals surface area (Å²) in [5.74, 6) is -0.834. The lowest BCUT2D eigenvalue weighted by Gasteiger charge is -2.26. The van der Waals surface area contributed by atoms with Crippen molar-refractivity contribution in [3.63, 3.8) is 0 Å². The van der Waals surface area contributed by atoms with Crippen molar-refractivity contribution in [2.75, 3.05) is 39.4 Å². The molecule has 1 atom stereocenters. The van der Waals surface area contributed by atoms with Crippen molar-refractivity contribution in [1.82, 2.24) is 15.2 Å². The second kappa shape index (κ2) is 8.59. The van der Waals surface area contributed by atoms with Crippen LogP contribution in [0.15, 0.2) is 18.3 Å². The number of hydrogen-bond acceptors (Lipinski definition) is 6. The van der Waals surface area contributed by atoms with Crippen LogP contribution in [0.25, 0.3) is 0 Å². The standard InChI is InChI=1S/C16H23N3O4/c1-12-14(4-3-5-17-12)16(21)23-13(2)15(20)18-6-7-19-8-10-22-11-9-19/h3-5,13H,6-11H2,1-2H3,(H,18,20). The summed E-state index contributed by atoms with van der Waals surface area (Å²) in [6, 6.07) is 3.30. The van der Waals surface area contributed by atoms with E-state index in [1.165, 1.54) is 0 Å². The SMILES string of the molecule is Cc1ncccc1C(=O)OC(C)C(=O)NCCN1CCOCC1. The molecule has 1 saturated heterocycles. The molecule has 1 aliphatic heterocycles. The minimum absolute atomic E-state index is 0.298. The van der Waals surface area contributed by atoms with Crippen LogP contribution in [0, 0.1) is 6.92 Å². The van der Waals surface area contributed by atoms with Gasteiger partial charge in [0.15, 0.2) is 6.10 Å². The third kappa shape index (κ3) is 5.30. The predicted octanol–water partition coefficient (Wildman–Crippen LogP) is 0.384. The highest BCUT2D eigenvalue weighted by Gasteiger charge is 2.20. The molecule has 1 N–H and O–H groups in total. The van der Waals surface area contributed by atoms with Crippen LogP contribution in [-0.4, -0.2) is 67.3 Å². The quantitative estimate of drug-likeness (QED) is 0.763. The molecule has 0 aliphatic carbocycles. The normalized spacial score (nSPS) is 16.6. The number of pyridine rings is 1.